The largest absolute Gasteiger partial charge is 0.453 e. The summed E-state index contributed by atoms with van der Waals surface area (Å²) in [5.41, 5.74) is 6.15. The normalized spacial score (nSPS) is 16.3. The summed E-state index contributed by atoms with van der Waals surface area (Å²) in [6.07, 6.45) is 0. The third-order valence-electron chi connectivity index (χ3n) is 12.4. The molecular weight excluding hydrogens is 800 g/mol. The van der Waals surface area contributed by atoms with Gasteiger partial charge < -0.3 is 19.3 Å². The maximum Gasteiger partial charge on any atom is 0.181 e. The van der Waals surface area contributed by atoms with Crippen LogP contribution in [0.1, 0.15) is 0 Å². The Morgan fingerprint density at radius 2 is 0.754 bits per heavy atom. The molecule has 3 aliphatic rings. The number of para-hydroxylation sites is 8. The highest BCUT2D eigenvalue weighted by molar-refractivity contribution is 8.26. The molecule has 1 atom stereocenters. The molecule has 9 aromatic rings. The lowest BCUT2D eigenvalue weighted by atomic mass is 10.1. The fraction of sp³-hybridized carbons (Fsp3) is 0. The van der Waals surface area contributed by atoms with E-state index >= 15 is 0 Å². The molecule has 0 radical (unpaired) electrons. The maximum atomic E-state index is 7.35. The lowest BCUT2D eigenvalue weighted by Gasteiger charge is -2.45. The van der Waals surface area contributed by atoms with Crippen LogP contribution in [-0.2, 0) is 11.8 Å². The van der Waals surface area contributed by atoms with Gasteiger partial charge in [0, 0.05) is 17.4 Å². The predicted molar refractivity (Wildman–Crippen MR) is 259 cm³/mol. The molecule has 0 amide bonds. The van der Waals surface area contributed by atoms with Crippen LogP contribution in [0.3, 0.4) is 0 Å². The Hall–Kier alpha value is -6.95. The van der Waals surface area contributed by atoms with E-state index in [1.165, 1.54) is 31.4 Å². The molecule has 61 heavy (non-hydrogen) atoms. The summed E-state index contributed by atoms with van der Waals surface area (Å²) in [4.78, 5) is 4.66. The zero-order chi connectivity index (χ0) is 40.5. The van der Waals surface area contributed by atoms with Crippen molar-refractivity contribution in [1.82, 2.24) is 0 Å². The first kappa shape index (κ1) is 35.9. The van der Waals surface area contributed by atoms with Gasteiger partial charge in [0.1, 0.15) is 0 Å². The van der Waals surface area contributed by atoms with Crippen molar-refractivity contribution >= 4 is 96.7 Å². The molecule has 9 aromatic carbocycles. The van der Waals surface area contributed by atoms with Gasteiger partial charge in [0.05, 0.1) is 22.7 Å². The third-order valence-corrected chi connectivity index (χ3v) is 22.6. The van der Waals surface area contributed by atoms with Gasteiger partial charge in [0.15, 0.2) is 31.1 Å². The van der Waals surface area contributed by atoms with Crippen LogP contribution in [0.4, 0.5) is 34.1 Å². The SMILES string of the molecule is S=P1(c2ccc(N3c4ccccc4Oc4ccccc43)cc2)c2ccccc2[Si](c2ccccc2)(c2ccccc2)c2cc(N3c4ccccc4Oc4ccccc43)ccc21. The zero-order valence-electron chi connectivity index (χ0n) is 32.9. The molecule has 290 valence electrons. The van der Waals surface area contributed by atoms with Gasteiger partial charge in [-0.1, -0.05) is 163 Å². The number of rotatable bonds is 5. The van der Waals surface area contributed by atoms with Crippen LogP contribution in [0.5, 0.6) is 23.0 Å². The van der Waals surface area contributed by atoms with Crippen LogP contribution in [0, 0.1) is 0 Å². The molecule has 3 aliphatic heterocycles. The van der Waals surface area contributed by atoms with Crippen molar-refractivity contribution in [3.05, 3.63) is 224 Å². The molecule has 1 unspecified atom stereocenters. The van der Waals surface area contributed by atoms with E-state index in [0.717, 1.165) is 62.4 Å². The fourth-order valence-corrected chi connectivity index (χ4v) is 21.3. The van der Waals surface area contributed by atoms with Crippen LogP contribution in [0.15, 0.2) is 224 Å². The molecule has 0 N–H and O–H groups in total. The minimum atomic E-state index is -3.01. The van der Waals surface area contributed by atoms with Gasteiger partial charge in [0.2, 0.25) is 0 Å². The van der Waals surface area contributed by atoms with E-state index in [2.05, 4.69) is 198 Å². The quantitative estimate of drug-likeness (QED) is 0.127. The van der Waals surface area contributed by atoms with E-state index in [1.54, 1.807) is 0 Å². The first-order valence-corrected chi connectivity index (χ1v) is 25.3. The number of ether oxygens (including phenoxy) is 2. The molecule has 4 nitrogen and oxygen atoms in total. The number of hydrogen-bond acceptors (Lipinski definition) is 5. The first-order chi connectivity index (χ1) is 30.1. The molecule has 0 bridgehead atoms. The summed E-state index contributed by atoms with van der Waals surface area (Å²) in [5, 5.41) is 9.00. The Balaban J connectivity index is 1.12. The number of anilines is 6. The monoisotopic (exact) mass is 836 g/mol. The summed E-state index contributed by atoms with van der Waals surface area (Å²) in [7, 11) is -3.01. The van der Waals surface area contributed by atoms with E-state index in [4.69, 9.17) is 21.3 Å². The molecule has 3 heterocycles. The van der Waals surface area contributed by atoms with E-state index in [0.29, 0.717) is 0 Å². The molecule has 0 aliphatic carbocycles. The highest BCUT2D eigenvalue weighted by atomic mass is 32.4. The van der Waals surface area contributed by atoms with Crippen LogP contribution >= 0.6 is 6.04 Å². The number of hydrogen-bond donors (Lipinski definition) is 0. The Kier molecular flexibility index (Phi) is 8.29. The van der Waals surface area contributed by atoms with Crippen molar-refractivity contribution in [2.24, 2.45) is 0 Å². The lowest BCUT2D eigenvalue weighted by molar-refractivity contribution is 0.477. The van der Waals surface area contributed by atoms with E-state index in [1.807, 2.05) is 36.4 Å². The Labute approximate surface area is 361 Å². The molecule has 0 fully saturated rings. The molecule has 7 heteroatoms. The zero-order valence-corrected chi connectivity index (χ0v) is 35.6. The van der Waals surface area contributed by atoms with Crippen molar-refractivity contribution in [2.45, 2.75) is 0 Å². The van der Waals surface area contributed by atoms with Gasteiger partial charge in [-0.25, -0.2) is 0 Å². The van der Waals surface area contributed by atoms with Gasteiger partial charge in [-0.15, -0.1) is 0 Å². The molecule has 0 spiro atoms. The topological polar surface area (TPSA) is 24.9 Å². The Bertz CT molecular complexity index is 3080. The van der Waals surface area contributed by atoms with E-state index < -0.39 is 14.1 Å². The summed E-state index contributed by atoms with van der Waals surface area (Å²) in [5.74, 6) is 3.32. The van der Waals surface area contributed by atoms with Crippen molar-refractivity contribution in [3.8, 4) is 23.0 Å². The summed E-state index contributed by atoms with van der Waals surface area (Å²) in [6, 6.07) is 78.2. The standard InChI is InChI=1S/C54H37N2O2PSSi/c60-59(40-34-31-38(32-35-40)55-43-21-7-11-25-47(43)57-48-26-12-8-22-44(48)55)51-29-15-16-30-53(51)61(41-17-3-1-4-18-41,42-19-5-2-6-20-42)54-37-39(33-36-52(54)59)56-45-23-9-13-27-49(45)58-50-28-14-10-24-46(50)56/h1-37H. The number of fused-ring (bicyclic) bond motifs is 6. The maximum absolute atomic E-state index is 7.35. The van der Waals surface area contributed by atoms with E-state index in [9.17, 15) is 0 Å². The van der Waals surface area contributed by atoms with Crippen LogP contribution < -0.4 is 55.9 Å². The second kappa shape index (κ2) is 14.1. The van der Waals surface area contributed by atoms with Gasteiger partial charge >= 0.3 is 0 Å². The van der Waals surface area contributed by atoms with Gasteiger partial charge in [0.25, 0.3) is 0 Å². The van der Waals surface area contributed by atoms with Crippen molar-refractivity contribution < 1.29 is 9.47 Å². The molecule has 0 aromatic heterocycles. The predicted octanol–water partition coefficient (Wildman–Crippen LogP) is 10.3. The molecule has 12 rings (SSSR count). The summed E-state index contributed by atoms with van der Waals surface area (Å²) >= 11 is 7.35. The van der Waals surface area contributed by atoms with Crippen molar-refractivity contribution in [2.75, 3.05) is 9.80 Å². The summed E-state index contributed by atoms with van der Waals surface area (Å²) in [6.45, 7) is 0. The van der Waals surface area contributed by atoms with Gasteiger partial charge in [-0.3, -0.25) is 0 Å². The number of nitrogens with zero attached hydrogens (tertiary/aromatic N) is 2. The average molecular weight is 837 g/mol. The van der Waals surface area contributed by atoms with Gasteiger partial charge in [-0.2, -0.15) is 0 Å². The average Bonchev–Trinajstić information content (AvgIpc) is 3.33. The minimum absolute atomic E-state index is 0.828. The highest BCUT2D eigenvalue weighted by Gasteiger charge is 2.51. The Morgan fingerprint density at radius 3 is 1.26 bits per heavy atom. The molecule has 0 saturated carbocycles. The second-order valence-corrected chi connectivity index (χ2v) is 23.6. The Morgan fingerprint density at radius 1 is 0.361 bits per heavy atom. The number of benzene rings is 9. The van der Waals surface area contributed by atoms with E-state index in [-0.39, 0.29) is 0 Å². The first-order valence-electron chi connectivity index (χ1n) is 20.5. The summed E-state index contributed by atoms with van der Waals surface area (Å²) < 4.78 is 12.9. The third kappa shape index (κ3) is 5.33. The second-order valence-electron chi connectivity index (χ2n) is 15.6. The smallest absolute Gasteiger partial charge is 0.181 e. The minimum Gasteiger partial charge on any atom is -0.453 e. The van der Waals surface area contributed by atoms with Crippen LogP contribution in [0.2, 0.25) is 0 Å². The lowest BCUT2D eigenvalue weighted by Crippen LogP contribution is -2.81. The van der Waals surface area contributed by atoms with Gasteiger partial charge in [-0.05, 0) is 109 Å². The van der Waals surface area contributed by atoms with Crippen molar-refractivity contribution in [3.63, 3.8) is 0 Å². The highest BCUT2D eigenvalue weighted by Crippen LogP contribution is 2.53. The van der Waals surface area contributed by atoms with Crippen molar-refractivity contribution in [1.29, 1.82) is 0 Å². The van der Waals surface area contributed by atoms with Crippen LogP contribution in [-0.4, -0.2) is 8.07 Å². The fourth-order valence-electron chi connectivity index (χ4n) is 9.80. The van der Waals surface area contributed by atoms with Crippen LogP contribution in [0.25, 0.3) is 0 Å². The molecular formula is C54H37N2O2PSSi. The molecule has 0 saturated heterocycles.